The second-order valence-electron chi connectivity index (χ2n) is 9.14. The Hall–Kier alpha value is -2.22. The molecule has 3 saturated carbocycles. The molecule has 28 heavy (non-hydrogen) atoms. The van der Waals surface area contributed by atoms with Gasteiger partial charge in [0.25, 0.3) is 0 Å². The lowest BCUT2D eigenvalue weighted by Crippen LogP contribution is -2.58. The van der Waals surface area contributed by atoms with E-state index in [2.05, 4.69) is 5.92 Å². The van der Waals surface area contributed by atoms with E-state index in [0.717, 1.165) is 19.3 Å². The number of rotatable bonds is 2. The van der Waals surface area contributed by atoms with Gasteiger partial charge in [0, 0.05) is 37.2 Å². The molecule has 6 unspecified atom stereocenters. The van der Waals surface area contributed by atoms with Crippen molar-refractivity contribution in [1.82, 2.24) is 0 Å². The van der Waals surface area contributed by atoms with E-state index >= 15 is 0 Å². The van der Waals surface area contributed by atoms with Crippen LogP contribution in [0.5, 0.6) is 0 Å². The van der Waals surface area contributed by atoms with Crippen LogP contribution in [0.3, 0.4) is 0 Å². The maximum Gasteiger partial charge on any atom is 0.303 e. The third kappa shape index (κ3) is 2.46. The van der Waals surface area contributed by atoms with Gasteiger partial charge in [0.05, 0.1) is 5.41 Å². The average Bonchev–Trinajstić information content (AvgIpc) is 2.95. The quantitative estimate of drug-likeness (QED) is 0.542. The van der Waals surface area contributed by atoms with E-state index in [4.69, 9.17) is 11.2 Å². The van der Waals surface area contributed by atoms with Crippen molar-refractivity contribution in [3.8, 4) is 12.3 Å². The fourth-order valence-corrected chi connectivity index (χ4v) is 6.78. The summed E-state index contributed by atoms with van der Waals surface area (Å²) in [5.41, 5.74) is -0.745. The Morgan fingerprint density at radius 3 is 2.64 bits per heavy atom. The second kappa shape index (κ2) is 6.40. The van der Waals surface area contributed by atoms with Crippen LogP contribution >= 0.6 is 0 Å². The molecule has 4 rings (SSSR count). The molecular weight excluding hydrogens is 356 g/mol. The normalized spacial score (nSPS) is 40.5. The molecule has 0 aromatic rings. The molecular formula is C23H26O5. The van der Waals surface area contributed by atoms with Gasteiger partial charge < -0.3 is 4.74 Å². The van der Waals surface area contributed by atoms with Crippen LogP contribution in [0, 0.1) is 40.9 Å². The molecule has 0 aromatic heterocycles. The van der Waals surface area contributed by atoms with E-state index in [1.165, 1.54) is 13.0 Å². The van der Waals surface area contributed by atoms with Crippen molar-refractivity contribution in [2.75, 3.05) is 0 Å². The molecule has 0 amide bonds. The molecule has 4 aliphatic rings. The lowest BCUT2D eigenvalue weighted by Gasteiger charge is -2.58. The number of ether oxygens (including phenoxy) is 1. The van der Waals surface area contributed by atoms with Gasteiger partial charge in [-0.2, -0.15) is 0 Å². The Balaban J connectivity index is 1.85. The van der Waals surface area contributed by atoms with Crippen molar-refractivity contribution in [1.29, 1.82) is 0 Å². The second-order valence-corrected chi connectivity index (χ2v) is 9.14. The van der Waals surface area contributed by atoms with Gasteiger partial charge in [-0.1, -0.05) is 12.8 Å². The number of terminal acetylenes is 1. The van der Waals surface area contributed by atoms with E-state index in [9.17, 15) is 19.2 Å². The van der Waals surface area contributed by atoms with E-state index in [1.807, 2.05) is 6.92 Å². The number of ketones is 3. The first-order valence-corrected chi connectivity index (χ1v) is 10.2. The van der Waals surface area contributed by atoms with Gasteiger partial charge in [0.1, 0.15) is 5.78 Å². The van der Waals surface area contributed by atoms with Crippen LogP contribution in [0.1, 0.15) is 58.8 Å². The van der Waals surface area contributed by atoms with E-state index in [1.54, 1.807) is 0 Å². The first-order chi connectivity index (χ1) is 13.2. The van der Waals surface area contributed by atoms with Crippen molar-refractivity contribution < 1.29 is 23.9 Å². The topological polar surface area (TPSA) is 77.5 Å². The van der Waals surface area contributed by atoms with E-state index in [0.29, 0.717) is 37.0 Å². The Morgan fingerprint density at radius 2 is 1.96 bits per heavy atom. The van der Waals surface area contributed by atoms with Gasteiger partial charge in [-0.15, -0.1) is 6.42 Å². The highest BCUT2D eigenvalue weighted by atomic mass is 16.5. The van der Waals surface area contributed by atoms with Crippen LogP contribution in [0.2, 0.25) is 0 Å². The molecule has 0 spiro atoms. The van der Waals surface area contributed by atoms with Gasteiger partial charge in [-0.05, 0) is 49.5 Å². The third-order valence-corrected chi connectivity index (χ3v) is 8.02. The molecule has 4 aliphatic carbocycles. The zero-order valence-electron chi connectivity index (χ0n) is 16.5. The van der Waals surface area contributed by atoms with Gasteiger partial charge in [-0.3, -0.25) is 19.2 Å². The standard InChI is InChI=1S/C23H26O5/c1-4-21(28-13(2)24)23-10-7-14(25)11-18(23)19(26)12-15-16-5-6-20(27)22(16,3)9-8-17(15)23/h1,11,15-17,21H,5-10,12H2,2-3H3. The smallest absolute Gasteiger partial charge is 0.303 e. The third-order valence-electron chi connectivity index (χ3n) is 8.02. The first-order valence-electron chi connectivity index (χ1n) is 10.2. The van der Waals surface area contributed by atoms with Crippen LogP contribution < -0.4 is 0 Å². The maximum absolute atomic E-state index is 13.2. The molecule has 6 atom stereocenters. The Bertz CT molecular complexity index is 846. The van der Waals surface area contributed by atoms with Crippen LogP contribution in [0.15, 0.2) is 11.6 Å². The largest absolute Gasteiger partial charge is 0.448 e. The summed E-state index contributed by atoms with van der Waals surface area (Å²) in [5.74, 6) is 2.50. The summed E-state index contributed by atoms with van der Waals surface area (Å²) >= 11 is 0. The molecule has 0 bridgehead atoms. The van der Waals surface area contributed by atoms with E-state index in [-0.39, 0.29) is 34.7 Å². The Morgan fingerprint density at radius 1 is 1.21 bits per heavy atom. The van der Waals surface area contributed by atoms with Crippen molar-refractivity contribution in [3.05, 3.63) is 11.6 Å². The minimum atomic E-state index is -0.873. The predicted molar refractivity (Wildman–Crippen MR) is 101 cm³/mol. The van der Waals surface area contributed by atoms with Crippen molar-refractivity contribution in [2.45, 2.75) is 64.9 Å². The van der Waals surface area contributed by atoms with E-state index < -0.39 is 17.5 Å². The summed E-state index contributed by atoms with van der Waals surface area (Å²) in [6.45, 7) is 3.36. The van der Waals surface area contributed by atoms with Crippen LogP contribution in [-0.4, -0.2) is 29.4 Å². The van der Waals surface area contributed by atoms with Crippen LogP contribution in [0.25, 0.3) is 0 Å². The molecule has 0 aliphatic heterocycles. The Labute approximate surface area is 165 Å². The zero-order valence-corrected chi connectivity index (χ0v) is 16.5. The van der Waals surface area contributed by atoms with Gasteiger partial charge >= 0.3 is 5.97 Å². The molecule has 0 N–H and O–H groups in total. The number of carbonyl (C=O) groups excluding carboxylic acids is 4. The fourth-order valence-electron chi connectivity index (χ4n) is 6.78. The zero-order chi connectivity index (χ0) is 20.3. The molecule has 3 fully saturated rings. The summed E-state index contributed by atoms with van der Waals surface area (Å²) in [6.07, 6.45) is 10.3. The monoisotopic (exact) mass is 382 g/mol. The van der Waals surface area contributed by atoms with Crippen molar-refractivity contribution in [3.63, 3.8) is 0 Å². The molecule has 0 heterocycles. The van der Waals surface area contributed by atoms with Gasteiger partial charge in [0.2, 0.25) is 0 Å². The highest BCUT2D eigenvalue weighted by Gasteiger charge is 2.64. The number of Topliss-reactive ketones (excluding diaryl/α,β-unsaturated/α-hetero) is 2. The number of esters is 1. The lowest BCUT2D eigenvalue weighted by atomic mass is 9.45. The lowest BCUT2D eigenvalue weighted by molar-refractivity contribution is -0.160. The summed E-state index contributed by atoms with van der Waals surface area (Å²) in [7, 11) is 0. The molecule has 148 valence electrons. The summed E-state index contributed by atoms with van der Waals surface area (Å²) in [6, 6.07) is 0. The fraction of sp³-hybridized carbons (Fsp3) is 0.652. The SMILES string of the molecule is C#CC(OC(C)=O)C12CCC(=O)C=C1C(=O)CC1C3CCC(=O)C3(C)CCC12. The van der Waals surface area contributed by atoms with Crippen molar-refractivity contribution in [2.24, 2.45) is 28.6 Å². The maximum atomic E-state index is 13.2. The molecule has 0 radical (unpaired) electrons. The van der Waals surface area contributed by atoms with Crippen molar-refractivity contribution >= 4 is 23.3 Å². The van der Waals surface area contributed by atoms with Gasteiger partial charge in [0.15, 0.2) is 17.7 Å². The number of fused-ring (bicyclic) bond motifs is 5. The van der Waals surface area contributed by atoms with Gasteiger partial charge in [-0.25, -0.2) is 0 Å². The average molecular weight is 382 g/mol. The predicted octanol–water partition coefficient (Wildman–Crippen LogP) is 2.81. The molecule has 5 heteroatoms. The summed E-state index contributed by atoms with van der Waals surface area (Å²) in [5, 5.41) is 0. The summed E-state index contributed by atoms with van der Waals surface area (Å²) in [4.78, 5) is 49.7. The minimum absolute atomic E-state index is 0.0360. The van der Waals surface area contributed by atoms with Crippen LogP contribution in [-0.2, 0) is 23.9 Å². The molecule has 0 aromatic carbocycles. The first kappa shape index (κ1) is 19.1. The van der Waals surface area contributed by atoms with Crippen LogP contribution in [0.4, 0.5) is 0 Å². The molecule has 5 nitrogen and oxygen atoms in total. The number of hydrogen-bond acceptors (Lipinski definition) is 5. The highest BCUT2D eigenvalue weighted by molar-refractivity contribution is 6.06. The summed E-state index contributed by atoms with van der Waals surface area (Å²) < 4.78 is 5.54. The highest BCUT2D eigenvalue weighted by Crippen LogP contribution is 2.65. The Kier molecular flexibility index (Phi) is 4.37. The minimum Gasteiger partial charge on any atom is -0.448 e. The number of hydrogen-bond donors (Lipinski definition) is 0. The molecule has 0 saturated heterocycles. The number of carbonyl (C=O) groups is 4.